The van der Waals surface area contributed by atoms with Crippen LogP contribution in [-0.4, -0.2) is 34.0 Å². The van der Waals surface area contributed by atoms with E-state index < -0.39 is 6.10 Å². The minimum absolute atomic E-state index is 0.0873. The quantitative estimate of drug-likeness (QED) is 0.508. The topological polar surface area (TPSA) is 105 Å². The van der Waals surface area contributed by atoms with Crippen LogP contribution in [0.3, 0.4) is 0 Å². The average Bonchev–Trinajstić information content (AvgIpc) is 3.11. The normalized spacial score (nSPS) is 11.9. The summed E-state index contributed by atoms with van der Waals surface area (Å²) < 4.78 is 0. The van der Waals surface area contributed by atoms with Crippen LogP contribution >= 0.6 is 11.3 Å². The molecule has 1 aromatic heterocycles. The molecule has 0 aliphatic carbocycles. The summed E-state index contributed by atoms with van der Waals surface area (Å²) in [6.07, 6.45) is 0.0843. The Hall–Kier alpha value is -2.90. The predicted octanol–water partition coefficient (Wildman–Crippen LogP) is 2.65. The molecule has 6 nitrogen and oxygen atoms in total. The van der Waals surface area contributed by atoms with Crippen LogP contribution in [0.15, 0.2) is 60.0 Å². The van der Waals surface area contributed by atoms with Crippen LogP contribution < -0.4 is 11.5 Å². The predicted molar refractivity (Wildman–Crippen MR) is 113 cm³/mol. The molecular formula is C21H24N4O2S. The molecule has 0 aliphatic rings. The van der Waals surface area contributed by atoms with Crippen molar-refractivity contribution < 1.29 is 9.90 Å². The smallest absolute Gasteiger partial charge is 0.228 e. The molecule has 1 atom stereocenters. The third-order valence-corrected chi connectivity index (χ3v) is 5.21. The van der Waals surface area contributed by atoms with E-state index in [4.69, 9.17) is 11.5 Å². The molecule has 146 valence electrons. The fourth-order valence-corrected chi connectivity index (χ4v) is 3.49. The molecule has 1 amide bonds. The van der Waals surface area contributed by atoms with Gasteiger partial charge in [-0.15, -0.1) is 11.3 Å². The number of thiazole rings is 1. The molecule has 0 saturated carbocycles. The highest BCUT2D eigenvalue weighted by Crippen LogP contribution is 2.17. The summed E-state index contributed by atoms with van der Waals surface area (Å²) in [4.78, 5) is 18.7. The summed E-state index contributed by atoms with van der Waals surface area (Å²) in [6, 6.07) is 16.9. The van der Waals surface area contributed by atoms with Gasteiger partial charge in [-0.2, -0.15) is 0 Å². The first-order valence-electron chi connectivity index (χ1n) is 9.06. The SMILES string of the molecule is Nc1ccc(CCN(C[C@H](O)c2ccccc2)C(=O)Cc2csc(N)n2)cc1. The second kappa shape index (κ2) is 9.34. The number of benzene rings is 2. The second-order valence-corrected chi connectivity index (χ2v) is 7.50. The number of nitrogens with two attached hydrogens (primary N) is 2. The van der Waals surface area contributed by atoms with Crippen molar-refractivity contribution in [2.75, 3.05) is 24.6 Å². The van der Waals surface area contributed by atoms with Gasteiger partial charge in [-0.25, -0.2) is 4.98 Å². The van der Waals surface area contributed by atoms with Gasteiger partial charge in [0.05, 0.1) is 24.8 Å². The third-order valence-electron chi connectivity index (χ3n) is 4.48. The van der Waals surface area contributed by atoms with E-state index in [1.165, 1.54) is 11.3 Å². The summed E-state index contributed by atoms with van der Waals surface area (Å²) in [7, 11) is 0. The standard InChI is InChI=1S/C21H24N4O2S/c22-17-8-6-15(7-9-17)10-11-25(13-19(26)16-4-2-1-3-5-16)20(27)12-18-14-28-21(23)24-18/h1-9,14,19,26H,10-13,22H2,(H2,23,24)/t19-/m0/s1. The lowest BCUT2D eigenvalue weighted by Crippen LogP contribution is -2.37. The molecule has 1 heterocycles. The minimum Gasteiger partial charge on any atom is -0.399 e. The number of nitrogens with zero attached hydrogens (tertiary/aromatic N) is 2. The molecule has 0 unspecified atom stereocenters. The van der Waals surface area contributed by atoms with Crippen LogP contribution in [0.5, 0.6) is 0 Å². The van der Waals surface area contributed by atoms with Crippen molar-refractivity contribution >= 4 is 28.1 Å². The van der Waals surface area contributed by atoms with Gasteiger partial charge in [0.1, 0.15) is 0 Å². The minimum atomic E-state index is -0.753. The lowest BCUT2D eigenvalue weighted by Gasteiger charge is -2.25. The molecule has 0 aliphatic heterocycles. The lowest BCUT2D eigenvalue weighted by atomic mass is 10.1. The number of anilines is 2. The second-order valence-electron chi connectivity index (χ2n) is 6.61. The fraction of sp³-hybridized carbons (Fsp3) is 0.238. The number of aromatic nitrogens is 1. The van der Waals surface area contributed by atoms with Gasteiger partial charge >= 0.3 is 0 Å². The van der Waals surface area contributed by atoms with Crippen LogP contribution in [0.25, 0.3) is 0 Å². The largest absolute Gasteiger partial charge is 0.399 e. The molecule has 28 heavy (non-hydrogen) atoms. The van der Waals surface area contributed by atoms with E-state index in [-0.39, 0.29) is 18.9 Å². The van der Waals surface area contributed by atoms with Crippen molar-refractivity contribution in [1.29, 1.82) is 0 Å². The van der Waals surface area contributed by atoms with Gasteiger partial charge in [0.25, 0.3) is 0 Å². The molecule has 0 bridgehead atoms. The molecular weight excluding hydrogens is 372 g/mol. The van der Waals surface area contributed by atoms with Gasteiger partial charge in [0.15, 0.2) is 5.13 Å². The maximum atomic E-state index is 12.9. The molecule has 7 heteroatoms. The number of hydrogen-bond acceptors (Lipinski definition) is 6. The van der Waals surface area contributed by atoms with Gasteiger partial charge in [-0.3, -0.25) is 4.79 Å². The van der Waals surface area contributed by atoms with E-state index >= 15 is 0 Å². The Morgan fingerprint density at radius 2 is 1.82 bits per heavy atom. The highest BCUT2D eigenvalue weighted by atomic mass is 32.1. The molecule has 2 aromatic carbocycles. The van der Waals surface area contributed by atoms with Crippen LogP contribution in [0, 0.1) is 0 Å². The summed E-state index contributed by atoms with van der Waals surface area (Å²) in [5.41, 5.74) is 14.6. The van der Waals surface area contributed by atoms with E-state index in [0.29, 0.717) is 29.5 Å². The van der Waals surface area contributed by atoms with Crippen molar-refractivity contribution in [3.8, 4) is 0 Å². The Labute approximate surface area is 168 Å². The van der Waals surface area contributed by atoms with E-state index in [0.717, 1.165) is 11.1 Å². The van der Waals surface area contributed by atoms with Crippen molar-refractivity contribution in [1.82, 2.24) is 9.88 Å². The summed E-state index contributed by atoms with van der Waals surface area (Å²) in [5, 5.41) is 12.8. The Morgan fingerprint density at radius 1 is 1.11 bits per heavy atom. The van der Waals surface area contributed by atoms with Crippen LogP contribution in [-0.2, 0) is 17.6 Å². The number of hydrogen-bond donors (Lipinski definition) is 3. The molecule has 0 fully saturated rings. The first-order chi connectivity index (χ1) is 13.5. The Morgan fingerprint density at radius 3 is 2.46 bits per heavy atom. The van der Waals surface area contributed by atoms with E-state index in [9.17, 15) is 9.90 Å². The molecule has 3 rings (SSSR count). The highest BCUT2D eigenvalue weighted by Gasteiger charge is 2.20. The first-order valence-corrected chi connectivity index (χ1v) is 9.94. The number of nitrogen functional groups attached to an aromatic ring is 2. The van der Waals surface area contributed by atoms with Gasteiger partial charge in [-0.1, -0.05) is 42.5 Å². The fourth-order valence-electron chi connectivity index (χ4n) is 2.93. The number of carbonyl (C=O) groups excluding carboxylic acids is 1. The van der Waals surface area contributed by atoms with E-state index in [1.54, 1.807) is 10.3 Å². The van der Waals surface area contributed by atoms with Crippen LogP contribution in [0.1, 0.15) is 22.9 Å². The molecule has 3 aromatic rings. The number of carbonyl (C=O) groups is 1. The zero-order chi connectivity index (χ0) is 19.9. The summed E-state index contributed by atoms with van der Waals surface area (Å²) in [5.74, 6) is -0.0873. The zero-order valence-electron chi connectivity index (χ0n) is 15.5. The van der Waals surface area contributed by atoms with Gasteiger partial charge in [0.2, 0.25) is 5.91 Å². The molecule has 0 radical (unpaired) electrons. The van der Waals surface area contributed by atoms with E-state index in [2.05, 4.69) is 4.98 Å². The van der Waals surface area contributed by atoms with Gasteiger partial charge in [-0.05, 0) is 29.7 Å². The Bertz CT molecular complexity index is 896. The lowest BCUT2D eigenvalue weighted by molar-refractivity contribution is -0.132. The maximum absolute atomic E-state index is 12.9. The number of aliphatic hydroxyl groups is 1. The molecule has 0 spiro atoms. The molecule has 0 saturated heterocycles. The number of aliphatic hydroxyl groups excluding tert-OH is 1. The van der Waals surface area contributed by atoms with Crippen LogP contribution in [0.2, 0.25) is 0 Å². The van der Waals surface area contributed by atoms with Crippen molar-refractivity contribution in [2.24, 2.45) is 0 Å². The maximum Gasteiger partial charge on any atom is 0.228 e. The van der Waals surface area contributed by atoms with E-state index in [1.807, 2.05) is 54.6 Å². The first kappa shape index (κ1) is 19.9. The zero-order valence-corrected chi connectivity index (χ0v) is 16.3. The number of amides is 1. The van der Waals surface area contributed by atoms with Crippen LogP contribution in [0.4, 0.5) is 10.8 Å². The third kappa shape index (κ3) is 5.55. The Balaban J connectivity index is 1.70. The number of rotatable bonds is 8. The average molecular weight is 397 g/mol. The monoisotopic (exact) mass is 396 g/mol. The highest BCUT2D eigenvalue weighted by molar-refractivity contribution is 7.13. The molecule has 5 N–H and O–H groups in total. The van der Waals surface area contributed by atoms with Crippen molar-refractivity contribution in [2.45, 2.75) is 18.9 Å². The van der Waals surface area contributed by atoms with Gasteiger partial charge in [0, 0.05) is 17.6 Å². The summed E-state index contributed by atoms with van der Waals surface area (Å²) >= 11 is 1.32. The summed E-state index contributed by atoms with van der Waals surface area (Å²) in [6.45, 7) is 0.712. The van der Waals surface area contributed by atoms with Crippen molar-refractivity contribution in [3.63, 3.8) is 0 Å². The van der Waals surface area contributed by atoms with Crippen molar-refractivity contribution in [3.05, 3.63) is 76.8 Å². The van der Waals surface area contributed by atoms with Gasteiger partial charge < -0.3 is 21.5 Å². The Kier molecular flexibility index (Phi) is 6.62.